The van der Waals surface area contributed by atoms with E-state index < -0.39 is 12.2 Å². The minimum absolute atomic E-state index is 0.0192. The third-order valence-electron chi connectivity index (χ3n) is 3.39. The Kier molecular flexibility index (Phi) is 7.40. The number of aliphatic hydroxyl groups excluding tert-OH is 1. The second-order valence-corrected chi connectivity index (χ2v) is 5.32. The maximum atomic E-state index is 10.9. The van der Waals surface area contributed by atoms with Crippen molar-refractivity contribution >= 4 is 11.7 Å². The van der Waals surface area contributed by atoms with Crippen LogP contribution in [0, 0.1) is 13.8 Å². The maximum Gasteiger partial charge on any atom is 0.307 e. The molecule has 0 radical (unpaired) electrons. The molecule has 0 spiro atoms. The molecule has 0 bridgehead atoms. The minimum atomic E-state index is -0.837. The molecule has 0 aliphatic rings. The van der Waals surface area contributed by atoms with Gasteiger partial charge in [0.25, 0.3) is 0 Å². The fourth-order valence-corrected chi connectivity index (χ4v) is 2.31. The van der Waals surface area contributed by atoms with Gasteiger partial charge in [0.05, 0.1) is 6.42 Å². The number of benzene rings is 1. The van der Waals surface area contributed by atoms with Crippen LogP contribution in [0.4, 0.5) is 5.69 Å². The van der Waals surface area contributed by atoms with E-state index >= 15 is 0 Å². The predicted octanol–water partition coefficient (Wildman–Crippen LogP) is 3.57. The van der Waals surface area contributed by atoms with E-state index in [1.807, 2.05) is 45.1 Å². The van der Waals surface area contributed by atoms with Crippen molar-refractivity contribution < 1.29 is 15.0 Å². The Morgan fingerprint density at radius 3 is 2.36 bits per heavy atom. The lowest BCUT2D eigenvalue weighted by atomic mass is 9.99. The molecule has 120 valence electrons. The number of carboxylic acid groups (broad SMARTS) is 1. The summed E-state index contributed by atoms with van der Waals surface area (Å²) in [6.45, 7) is 5.75. The number of hydrogen-bond acceptors (Lipinski definition) is 3. The Morgan fingerprint density at radius 2 is 1.82 bits per heavy atom. The minimum Gasteiger partial charge on any atom is -0.481 e. The molecule has 0 amide bonds. The standard InChI is InChI=1S/C18H25NO3/c1-4-5-6-7-8-9-17(20)19-15-10-13(2)16(12-18(21)22)14(3)11-15/h4-5,8-11,17,19-20H,6-7,12H2,1-3H3,(H,21,22)/b5-4+,9-8+. The Labute approximate surface area is 132 Å². The van der Waals surface area contributed by atoms with Crippen LogP contribution in [0.3, 0.4) is 0 Å². The lowest BCUT2D eigenvalue weighted by Gasteiger charge is -2.15. The number of rotatable bonds is 8. The summed E-state index contributed by atoms with van der Waals surface area (Å²) < 4.78 is 0. The molecule has 1 rings (SSSR count). The first-order valence-electron chi connectivity index (χ1n) is 7.48. The fourth-order valence-electron chi connectivity index (χ4n) is 2.31. The largest absolute Gasteiger partial charge is 0.481 e. The van der Waals surface area contributed by atoms with Crippen LogP contribution in [0.15, 0.2) is 36.4 Å². The van der Waals surface area contributed by atoms with E-state index in [1.165, 1.54) is 0 Å². The summed E-state index contributed by atoms with van der Waals surface area (Å²) in [4.78, 5) is 10.9. The monoisotopic (exact) mass is 303 g/mol. The summed E-state index contributed by atoms with van der Waals surface area (Å²) >= 11 is 0. The number of unbranched alkanes of at least 4 members (excludes halogenated alkanes) is 1. The van der Waals surface area contributed by atoms with Crippen LogP contribution < -0.4 is 5.32 Å². The van der Waals surface area contributed by atoms with Crippen molar-refractivity contribution in [3.63, 3.8) is 0 Å². The lowest BCUT2D eigenvalue weighted by molar-refractivity contribution is -0.136. The van der Waals surface area contributed by atoms with E-state index in [2.05, 4.69) is 11.4 Å². The number of aryl methyl sites for hydroxylation is 2. The molecule has 22 heavy (non-hydrogen) atoms. The highest BCUT2D eigenvalue weighted by Gasteiger charge is 2.10. The molecule has 1 aromatic rings. The van der Waals surface area contributed by atoms with Gasteiger partial charge in [0.15, 0.2) is 0 Å². The van der Waals surface area contributed by atoms with Crippen molar-refractivity contribution in [2.24, 2.45) is 0 Å². The Morgan fingerprint density at radius 1 is 1.23 bits per heavy atom. The van der Waals surface area contributed by atoms with Crippen LogP contribution in [0.25, 0.3) is 0 Å². The number of nitrogens with one attached hydrogen (secondary N) is 1. The van der Waals surface area contributed by atoms with Crippen LogP contribution in [-0.2, 0) is 11.2 Å². The van der Waals surface area contributed by atoms with E-state index in [0.717, 1.165) is 35.2 Å². The highest BCUT2D eigenvalue weighted by atomic mass is 16.4. The number of aliphatic hydroxyl groups is 1. The number of carboxylic acids is 1. The van der Waals surface area contributed by atoms with Gasteiger partial charge in [0.2, 0.25) is 0 Å². The van der Waals surface area contributed by atoms with E-state index in [0.29, 0.717) is 0 Å². The topological polar surface area (TPSA) is 69.6 Å². The van der Waals surface area contributed by atoms with E-state index in [9.17, 15) is 9.90 Å². The Balaban J connectivity index is 2.68. The maximum absolute atomic E-state index is 10.9. The van der Waals surface area contributed by atoms with E-state index in [1.54, 1.807) is 6.08 Å². The normalized spacial score (nSPS) is 12.9. The number of carbonyl (C=O) groups is 1. The van der Waals surface area contributed by atoms with Crippen molar-refractivity contribution in [1.29, 1.82) is 0 Å². The van der Waals surface area contributed by atoms with Gasteiger partial charge >= 0.3 is 5.97 Å². The van der Waals surface area contributed by atoms with Gasteiger partial charge in [0.1, 0.15) is 6.23 Å². The molecule has 1 unspecified atom stereocenters. The van der Waals surface area contributed by atoms with Crippen molar-refractivity contribution in [3.05, 3.63) is 53.1 Å². The van der Waals surface area contributed by atoms with Crippen LogP contribution in [-0.4, -0.2) is 22.4 Å². The van der Waals surface area contributed by atoms with Gasteiger partial charge in [-0.25, -0.2) is 0 Å². The molecule has 3 N–H and O–H groups in total. The number of aliphatic carboxylic acids is 1. The zero-order valence-electron chi connectivity index (χ0n) is 13.5. The molecule has 0 saturated carbocycles. The highest BCUT2D eigenvalue weighted by Crippen LogP contribution is 2.21. The van der Waals surface area contributed by atoms with Gasteiger partial charge in [-0.1, -0.05) is 18.2 Å². The van der Waals surface area contributed by atoms with Crippen molar-refractivity contribution in [3.8, 4) is 0 Å². The second kappa shape index (κ2) is 9.05. The summed E-state index contributed by atoms with van der Waals surface area (Å²) in [5, 5.41) is 21.9. The summed E-state index contributed by atoms with van der Waals surface area (Å²) in [6, 6.07) is 3.73. The second-order valence-electron chi connectivity index (χ2n) is 5.32. The molecule has 0 aliphatic heterocycles. The molecule has 0 aromatic heterocycles. The quantitative estimate of drug-likeness (QED) is 0.390. The molecule has 1 atom stereocenters. The summed E-state index contributed by atoms with van der Waals surface area (Å²) in [7, 11) is 0. The first-order chi connectivity index (χ1) is 10.4. The lowest BCUT2D eigenvalue weighted by Crippen LogP contribution is -2.16. The number of allylic oxidation sites excluding steroid dienone is 3. The van der Waals surface area contributed by atoms with Gasteiger partial charge in [-0.2, -0.15) is 0 Å². The third kappa shape index (κ3) is 6.14. The molecule has 4 nitrogen and oxygen atoms in total. The zero-order valence-corrected chi connectivity index (χ0v) is 13.5. The van der Waals surface area contributed by atoms with E-state index in [4.69, 9.17) is 5.11 Å². The average Bonchev–Trinajstić information content (AvgIpc) is 2.42. The molecular weight excluding hydrogens is 278 g/mol. The first kappa shape index (κ1) is 18.0. The summed E-state index contributed by atoms with van der Waals surface area (Å²) in [5.74, 6) is -0.837. The molecule has 0 saturated heterocycles. The SMILES string of the molecule is C/C=C/CC/C=C/C(O)Nc1cc(C)c(CC(=O)O)c(C)c1. The number of anilines is 1. The molecule has 0 fully saturated rings. The Hall–Kier alpha value is -2.07. The van der Waals surface area contributed by atoms with Crippen LogP contribution >= 0.6 is 0 Å². The van der Waals surface area contributed by atoms with Gasteiger partial charge < -0.3 is 15.5 Å². The molecular formula is C18H25NO3. The van der Waals surface area contributed by atoms with Crippen molar-refractivity contribution in [1.82, 2.24) is 0 Å². The zero-order chi connectivity index (χ0) is 16.5. The van der Waals surface area contributed by atoms with Crippen LogP contribution in [0.2, 0.25) is 0 Å². The van der Waals surface area contributed by atoms with Crippen LogP contribution in [0.5, 0.6) is 0 Å². The van der Waals surface area contributed by atoms with Crippen molar-refractivity contribution in [2.45, 2.75) is 46.3 Å². The van der Waals surface area contributed by atoms with Crippen LogP contribution in [0.1, 0.15) is 36.5 Å². The van der Waals surface area contributed by atoms with Gasteiger partial charge in [-0.05, 0) is 68.5 Å². The highest BCUT2D eigenvalue weighted by molar-refractivity contribution is 5.72. The Bertz CT molecular complexity index is 538. The predicted molar refractivity (Wildman–Crippen MR) is 90.1 cm³/mol. The van der Waals surface area contributed by atoms with E-state index in [-0.39, 0.29) is 6.42 Å². The molecule has 0 heterocycles. The molecule has 4 heteroatoms. The van der Waals surface area contributed by atoms with Gasteiger partial charge in [-0.15, -0.1) is 0 Å². The fraction of sp³-hybridized carbons (Fsp3) is 0.389. The smallest absolute Gasteiger partial charge is 0.307 e. The van der Waals surface area contributed by atoms with Gasteiger partial charge in [-0.3, -0.25) is 4.79 Å². The third-order valence-corrected chi connectivity index (χ3v) is 3.39. The van der Waals surface area contributed by atoms with Crippen molar-refractivity contribution in [2.75, 3.05) is 5.32 Å². The molecule has 0 aliphatic carbocycles. The van der Waals surface area contributed by atoms with Gasteiger partial charge in [0, 0.05) is 5.69 Å². The summed E-state index contributed by atoms with van der Waals surface area (Å²) in [6.07, 6.45) is 8.86. The first-order valence-corrected chi connectivity index (χ1v) is 7.48. The molecule has 1 aromatic carbocycles. The number of hydrogen-bond donors (Lipinski definition) is 3. The summed E-state index contributed by atoms with van der Waals surface area (Å²) in [5.41, 5.74) is 3.44. The average molecular weight is 303 g/mol.